The van der Waals surface area contributed by atoms with E-state index in [9.17, 15) is 5.11 Å². The molecule has 0 aliphatic carbocycles. The summed E-state index contributed by atoms with van der Waals surface area (Å²) in [7, 11) is 0. The lowest BCUT2D eigenvalue weighted by Crippen LogP contribution is -2.20. The molecule has 1 N–H and O–H groups in total. The van der Waals surface area contributed by atoms with E-state index in [2.05, 4.69) is 19.2 Å². The zero-order chi connectivity index (χ0) is 7.11. The highest BCUT2D eigenvalue weighted by Gasteiger charge is 1.97. The van der Waals surface area contributed by atoms with Crippen molar-refractivity contribution >= 4 is 0 Å². The molecule has 0 rings (SSSR count). The second kappa shape index (κ2) is 6.05. The molecular formula is C7H16NO. The number of hydrogen-bond donors (Lipinski definition) is 1. The fraction of sp³-hybridized carbons (Fsp3) is 1.00. The van der Waals surface area contributed by atoms with Gasteiger partial charge in [-0.2, -0.15) is 0 Å². The predicted octanol–water partition coefficient (Wildman–Crippen LogP) is 1.40. The highest BCUT2D eigenvalue weighted by molar-refractivity contribution is 4.52. The van der Waals surface area contributed by atoms with Crippen LogP contribution in [0.4, 0.5) is 0 Å². The van der Waals surface area contributed by atoms with E-state index in [-0.39, 0.29) is 6.73 Å². The van der Waals surface area contributed by atoms with E-state index in [1.54, 1.807) is 0 Å². The third-order valence-electron chi connectivity index (χ3n) is 1.38. The van der Waals surface area contributed by atoms with Crippen molar-refractivity contribution in [2.24, 2.45) is 5.92 Å². The molecule has 0 fully saturated rings. The topological polar surface area (TPSA) is 31.9 Å². The molecule has 0 saturated carbocycles. The Morgan fingerprint density at radius 1 is 1.56 bits per heavy atom. The van der Waals surface area contributed by atoms with Crippen LogP contribution in [0.2, 0.25) is 0 Å². The van der Waals surface area contributed by atoms with E-state index in [0.717, 1.165) is 6.54 Å². The third kappa shape index (κ3) is 5.80. The molecule has 0 saturated heterocycles. The van der Waals surface area contributed by atoms with Crippen molar-refractivity contribution in [1.82, 2.24) is 5.32 Å². The zero-order valence-corrected chi connectivity index (χ0v) is 6.31. The molecule has 2 nitrogen and oxygen atoms in total. The van der Waals surface area contributed by atoms with Crippen LogP contribution in [-0.2, 0) is 5.11 Å². The smallest absolute Gasteiger partial charge is 0.133 e. The van der Waals surface area contributed by atoms with Crippen molar-refractivity contribution < 1.29 is 5.11 Å². The monoisotopic (exact) mass is 130 g/mol. The Balaban J connectivity index is 2.95. The summed E-state index contributed by atoms with van der Waals surface area (Å²) in [6, 6.07) is 0. The van der Waals surface area contributed by atoms with Crippen LogP contribution in [0.1, 0.15) is 26.7 Å². The highest BCUT2D eigenvalue weighted by atomic mass is 16.3. The molecule has 0 amide bonds. The van der Waals surface area contributed by atoms with Gasteiger partial charge in [-0.1, -0.05) is 20.3 Å². The van der Waals surface area contributed by atoms with Crippen molar-refractivity contribution in [2.75, 3.05) is 13.3 Å². The molecule has 9 heavy (non-hydrogen) atoms. The maximum absolute atomic E-state index is 9.93. The minimum atomic E-state index is -0.145. The van der Waals surface area contributed by atoms with Gasteiger partial charge in [0.2, 0.25) is 0 Å². The van der Waals surface area contributed by atoms with Crippen molar-refractivity contribution in [3.05, 3.63) is 0 Å². The minimum Gasteiger partial charge on any atom is -0.292 e. The van der Waals surface area contributed by atoms with Crippen molar-refractivity contribution in [2.45, 2.75) is 26.7 Å². The maximum Gasteiger partial charge on any atom is 0.133 e. The molecule has 0 aromatic rings. The molecule has 0 bridgehead atoms. The fourth-order valence-electron chi connectivity index (χ4n) is 0.900. The number of nitrogens with one attached hydrogen (secondary N) is 1. The Bertz CT molecular complexity index is 56.9. The van der Waals surface area contributed by atoms with Crippen LogP contribution in [0.15, 0.2) is 0 Å². The van der Waals surface area contributed by atoms with Gasteiger partial charge in [-0.3, -0.25) is 5.32 Å². The van der Waals surface area contributed by atoms with Crippen molar-refractivity contribution in [3.8, 4) is 0 Å². The first-order chi connectivity index (χ1) is 4.31. The van der Waals surface area contributed by atoms with Crippen LogP contribution in [0.5, 0.6) is 0 Å². The fourth-order valence-corrected chi connectivity index (χ4v) is 0.900. The van der Waals surface area contributed by atoms with E-state index >= 15 is 0 Å². The van der Waals surface area contributed by atoms with E-state index < -0.39 is 0 Å². The first kappa shape index (κ1) is 8.92. The van der Waals surface area contributed by atoms with Crippen LogP contribution in [0.25, 0.3) is 0 Å². The Morgan fingerprint density at radius 2 is 2.22 bits per heavy atom. The standard InChI is InChI=1S/C7H16NO/c1-3-4-7(2)5-8-6-9/h7-8H,3-6H2,1-2H3. The van der Waals surface area contributed by atoms with Gasteiger partial charge in [-0.15, -0.1) is 0 Å². The molecule has 0 aromatic heterocycles. The Labute approximate surface area is 57.3 Å². The lowest BCUT2D eigenvalue weighted by molar-refractivity contribution is 0.162. The van der Waals surface area contributed by atoms with Crippen molar-refractivity contribution in [3.63, 3.8) is 0 Å². The second-order valence-corrected chi connectivity index (χ2v) is 2.49. The quantitative estimate of drug-likeness (QED) is 0.560. The summed E-state index contributed by atoms with van der Waals surface area (Å²) in [5, 5.41) is 12.7. The number of hydrogen-bond acceptors (Lipinski definition) is 1. The van der Waals surface area contributed by atoms with Gasteiger partial charge in [0.1, 0.15) is 6.73 Å². The Morgan fingerprint density at radius 3 is 2.67 bits per heavy atom. The lowest BCUT2D eigenvalue weighted by atomic mass is 10.1. The molecular weight excluding hydrogens is 114 g/mol. The summed E-state index contributed by atoms with van der Waals surface area (Å²) < 4.78 is 0. The summed E-state index contributed by atoms with van der Waals surface area (Å²) in [4.78, 5) is 0. The molecule has 1 atom stereocenters. The van der Waals surface area contributed by atoms with Gasteiger partial charge in [-0.05, 0) is 18.9 Å². The third-order valence-corrected chi connectivity index (χ3v) is 1.38. The van der Waals surface area contributed by atoms with Gasteiger partial charge in [0.15, 0.2) is 0 Å². The first-order valence-corrected chi connectivity index (χ1v) is 3.60. The molecule has 55 valence electrons. The van der Waals surface area contributed by atoms with Gasteiger partial charge >= 0.3 is 0 Å². The normalized spacial score (nSPS) is 13.7. The van der Waals surface area contributed by atoms with Crippen molar-refractivity contribution in [1.29, 1.82) is 0 Å². The Hall–Kier alpha value is -0.0800. The maximum atomic E-state index is 9.93. The summed E-state index contributed by atoms with van der Waals surface area (Å²) in [6.07, 6.45) is 2.43. The first-order valence-electron chi connectivity index (χ1n) is 3.60. The SMILES string of the molecule is CCCC(C)CNC[O]. The van der Waals surface area contributed by atoms with E-state index in [1.807, 2.05) is 0 Å². The van der Waals surface area contributed by atoms with E-state index in [4.69, 9.17) is 0 Å². The molecule has 0 aliphatic heterocycles. The predicted molar refractivity (Wildman–Crippen MR) is 37.6 cm³/mol. The number of rotatable bonds is 5. The van der Waals surface area contributed by atoms with Gasteiger partial charge in [0.05, 0.1) is 0 Å². The molecule has 0 aliphatic rings. The average Bonchev–Trinajstić information content (AvgIpc) is 1.85. The molecule has 0 heterocycles. The van der Waals surface area contributed by atoms with Gasteiger partial charge in [0, 0.05) is 0 Å². The summed E-state index contributed by atoms with van der Waals surface area (Å²) in [6.45, 7) is 5.05. The summed E-state index contributed by atoms with van der Waals surface area (Å²) in [5.74, 6) is 0.656. The molecule has 0 spiro atoms. The average molecular weight is 130 g/mol. The summed E-state index contributed by atoms with van der Waals surface area (Å²) in [5.41, 5.74) is 0. The van der Waals surface area contributed by atoms with Crippen LogP contribution in [-0.4, -0.2) is 13.3 Å². The second-order valence-electron chi connectivity index (χ2n) is 2.49. The lowest BCUT2D eigenvalue weighted by Gasteiger charge is -2.07. The van der Waals surface area contributed by atoms with Crippen LogP contribution in [0.3, 0.4) is 0 Å². The van der Waals surface area contributed by atoms with Gasteiger partial charge in [0.25, 0.3) is 0 Å². The molecule has 2 heteroatoms. The van der Waals surface area contributed by atoms with E-state index in [0.29, 0.717) is 5.92 Å². The minimum absolute atomic E-state index is 0.145. The van der Waals surface area contributed by atoms with Gasteiger partial charge < -0.3 is 0 Å². The molecule has 1 unspecified atom stereocenters. The van der Waals surface area contributed by atoms with Gasteiger partial charge in [-0.25, -0.2) is 5.11 Å². The molecule has 0 aromatic carbocycles. The summed E-state index contributed by atoms with van der Waals surface area (Å²) >= 11 is 0. The zero-order valence-electron chi connectivity index (χ0n) is 6.31. The van der Waals surface area contributed by atoms with E-state index in [1.165, 1.54) is 12.8 Å². The largest absolute Gasteiger partial charge is 0.292 e. The van der Waals surface area contributed by atoms with Crippen LogP contribution in [0, 0.1) is 5.92 Å². The van der Waals surface area contributed by atoms with Crippen LogP contribution >= 0.6 is 0 Å². The Kier molecular flexibility index (Phi) is 5.99. The highest BCUT2D eigenvalue weighted by Crippen LogP contribution is 2.01. The van der Waals surface area contributed by atoms with Crippen LogP contribution < -0.4 is 5.32 Å². The molecule has 1 radical (unpaired) electrons.